The lowest BCUT2D eigenvalue weighted by Crippen LogP contribution is -2.48. The monoisotopic (exact) mass is 938 g/mol. The van der Waals surface area contributed by atoms with Gasteiger partial charge in [-0.05, 0) is 42.5 Å². The van der Waals surface area contributed by atoms with E-state index in [2.05, 4.69) is 72.4 Å². The number of thioether (sulfide) groups is 1. The number of nitrogens with zero attached hydrogens (tertiary/aromatic N) is 8. The van der Waals surface area contributed by atoms with Gasteiger partial charge in [-0.15, -0.1) is 16.9 Å². The van der Waals surface area contributed by atoms with Gasteiger partial charge in [0.25, 0.3) is 0 Å². The average Bonchev–Trinajstić information content (AvgIpc) is 3.93. The van der Waals surface area contributed by atoms with E-state index in [-0.39, 0.29) is 24.2 Å². The number of carbonyl (C=O) groups excluding carboxylic acids is 2. The number of hydrogen-bond acceptors (Lipinski definition) is 16. The number of rotatable bonds is 31. The van der Waals surface area contributed by atoms with Gasteiger partial charge >= 0.3 is 11.9 Å². The van der Waals surface area contributed by atoms with Crippen molar-refractivity contribution in [1.82, 2.24) is 44.6 Å². The van der Waals surface area contributed by atoms with Crippen LogP contribution in [-0.4, -0.2) is 163 Å². The number of nitrogens with one attached hydrogen (secondary N) is 2. The van der Waals surface area contributed by atoms with Crippen LogP contribution >= 0.6 is 11.8 Å². The maximum Gasteiger partial charge on any atom is 0.321 e. The second-order valence-electron chi connectivity index (χ2n) is 16.2. The van der Waals surface area contributed by atoms with Crippen LogP contribution in [-0.2, 0) is 59.6 Å². The Labute approximate surface area is 389 Å². The van der Waals surface area contributed by atoms with Crippen molar-refractivity contribution in [1.29, 1.82) is 0 Å². The fourth-order valence-corrected chi connectivity index (χ4v) is 8.35. The van der Waals surface area contributed by atoms with Gasteiger partial charge in [0.2, 0.25) is 17.8 Å². The van der Waals surface area contributed by atoms with Gasteiger partial charge in [-0.1, -0.05) is 43.2 Å². The van der Waals surface area contributed by atoms with Crippen molar-refractivity contribution in [2.45, 2.75) is 89.8 Å². The molecule has 4 aromatic rings. The Bertz CT molecular complexity index is 2160. The van der Waals surface area contributed by atoms with Gasteiger partial charge in [0.15, 0.2) is 5.82 Å². The number of hydrogen-bond donors (Lipinski definition) is 6. The number of carboxylic acid groups (broad SMARTS) is 2. The lowest BCUT2D eigenvalue weighted by Gasteiger charge is -2.35. The molecule has 0 saturated carbocycles. The summed E-state index contributed by atoms with van der Waals surface area (Å²) in [5.41, 5.74) is 17.5. The number of carbonyl (C=O) groups is 4. The van der Waals surface area contributed by atoms with Crippen LogP contribution in [0.3, 0.4) is 0 Å². The summed E-state index contributed by atoms with van der Waals surface area (Å²) in [5.74, 6) is -1.89. The minimum Gasteiger partial charge on any atom is -0.481 e. The van der Waals surface area contributed by atoms with E-state index < -0.39 is 35.6 Å². The molecule has 66 heavy (non-hydrogen) atoms. The highest BCUT2D eigenvalue weighted by atomic mass is 32.2. The molecule has 1 aromatic carbocycles. The molecule has 0 aliphatic carbocycles. The van der Waals surface area contributed by atoms with Crippen LogP contribution in [0.5, 0.6) is 0 Å². The van der Waals surface area contributed by atoms with Crippen LogP contribution in [0.25, 0.3) is 11.0 Å². The second-order valence-corrected chi connectivity index (χ2v) is 17.4. The van der Waals surface area contributed by atoms with Gasteiger partial charge in [-0.3, -0.25) is 24.1 Å². The third-order valence-electron chi connectivity index (χ3n) is 10.9. The third kappa shape index (κ3) is 17.1. The molecule has 0 spiro atoms. The normalized spacial score (nSPS) is 14.1. The number of aromatic nitrogens is 6. The lowest BCUT2D eigenvalue weighted by molar-refractivity contribution is -0.138. The first-order valence-corrected chi connectivity index (χ1v) is 23.6. The van der Waals surface area contributed by atoms with Crippen LogP contribution < -0.4 is 22.1 Å². The van der Waals surface area contributed by atoms with E-state index in [9.17, 15) is 19.2 Å². The third-order valence-corrected chi connectivity index (χ3v) is 12.3. The standard InChI is InChI=1S/C44H66N12O9S/c1-3-4-5-11-47-41-40-36(49-44(46)50-41)10-12-55(40)28-33-9-8-32(24-31(33)2)27-53-13-15-54(16-14-53)38(57)7-6-18-63-20-22-65-23-21-64-19-17-56-29-34(51-52-56)26-48-42(60)37(25-39(58)59)66-30-35(45)43(61)62/h8-10,12,24,29,35,37H,3-7,11,13-23,25-28,30,45H2,1-2H3,(H,48,60)(H,58,59)(H,61,62)(H3,46,47,49,50)/t35-,37+/m0/s1. The second kappa shape index (κ2) is 27.3. The SMILES string of the molecule is CCCCCNc1nc(N)nc2ccn(Cc3ccc(CN4CCN(C(=O)CCCOCCOCCOCCn5cc(CNC(=O)[C@@H](CC(=O)O)SC[C@H](N)C(=O)O)nn5)CC4)cc3C)c12. The smallest absolute Gasteiger partial charge is 0.321 e. The van der Waals surface area contributed by atoms with Gasteiger partial charge in [-0.25, -0.2) is 9.67 Å². The molecule has 4 heterocycles. The number of benzene rings is 1. The molecule has 3 aromatic heterocycles. The van der Waals surface area contributed by atoms with Crippen LogP contribution in [0.1, 0.15) is 67.8 Å². The highest BCUT2D eigenvalue weighted by Gasteiger charge is 2.25. The van der Waals surface area contributed by atoms with Crippen molar-refractivity contribution in [3.05, 3.63) is 59.0 Å². The molecule has 362 valence electrons. The highest BCUT2D eigenvalue weighted by molar-refractivity contribution is 8.00. The number of fused-ring (bicyclic) bond motifs is 1. The van der Waals surface area contributed by atoms with Crippen molar-refractivity contribution < 1.29 is 43.6 Å². The highest BCUT2D eigenvalue weighted by Crippen LogP contribution is 2.25. The summed E-state index contributed by atoms with van der Waals surface area (Å²) in [6.45, 7) is 12.7. The van der Waals surface area contributed by atoms with Crippen LogP contribution in [0.2, 0.25) is 0 Å². The van der Waals surface area contributed by atoms with E-state index in [1.807, 2.05) is 17.2 Å². The van der Waals surface area contributed by atoms with Gasteiger partial charge in [0.05, 0.1) is 69.5 Å². The summed E-state index contributed by atoms with van der Waals surface area (Å²) in [6, 6.07) is 7.46. The largest absolute Gasteiger partial charge is 0.481 e. The van der Waals surface area contributed by atoms with Crippen LogP contribution in [0, 0.1) is 6.92 Å². The molecule has 22 heteroatoms. The maximum atomic E-state index is 12.9. The van der Waals surface area contributed by atoms with Gasteiger partial charge in [-0.2, -0.15) is 4.98 Å². The summed E-state index contributed by atoms with van der Waals surface area (Å²) >= 11 is 0.875. The molecule has 2 atom stereocenters. The summed E-state index contributed by atoms with van der Waals surface area (Å²) in [7, 11) is 0. The Hall–Kier alpha value is -5.39. The predicted molar refractivity (Wildman–Crippen MR) is 250 cm³/mol. The molecule has 1 fully saturated rings. The molecule has 21 nitrogen and oxygen atoms in total. The molecule has 2 amide bonds. The summed E-state index contributed by atoms with van der Waals surface area (Å²) in [4.78, 5) is 60.9. The molecular formula is C44H66N12O9S. The average molecular weight is 939 g/mol. The Morgan fingerprint density at radius 1 is 0.924 bits per heavy atom. The molecule has 1 aliphatic heterocycles. The topological polar surface area (TPSA) is 280 Å². The zero-order valence-corrected chi connectivity index (χ0v) is 38.9. The fraction of sp³-hybridized carbons (Fsp3) is 0.591. The summed E-state index contributed by atoms with van der Waals surface area (Å²) < 4.78 is 20.6. The molecular weight excluding hydrogens is 873 g/mol. The predicted octanol–water partition coefficient (Wildman–Crippen LogP) is 2.34. The van der Waals surface area contributed by atoms with E-state index in [0.29, 0.717) is 84.4 Å². The first-order valence-electron chi connectivity index (χ1n) is 22.6. The van der Waals surface area contributed by atoms with Gasteiger partial charge in [0.1, 0.15) is 17.3 Å². The fourth-order valence-electron chi connectivity index (χ4n) is 7.27. The van der Waals surface area contributed by atoms with E-state index in [1.54, 1.807) is 10.9 Å². The zero-order chi connectivity index (χ0) is 47.3. The number of aliphatic carboxylic acids is 2. The molecule has 0 radical (unpaired) electrons. The number of amides is 2. The Kier molecular flexibility index (Phi) is 21.3. The lowest BCUT2D eigenvalue weighted by atomic mass is 10.0. The number of nitrogens with two attached hydrogens (primary N) is 2. The van der Waals surface area contributed by atoms with Crippen LogP contribution in [0.4, 0.5) is 11.8 Å². The Morgan fingerprint density at radius 2 is 1.67 bits per heavy atom. The number of piperazine rings is 1. The summed E-state index contributed by atoms with van der Waals surface area (Å²) in [6.07, 6.45) is 7.69. The molecule has 8 N–H and O–H groups in total. The van der Waals surface area contributed by atoms with E-state index in [1.165, 1.54) is 16.7 Å². The minimum absolute atomic E-state index is 0.0191. The zero-order valence-electron chi connectivity index (χ0n) is 38.1. The van der Waals surface area contributed by atoms with Gasteiger partial charge in [0, 0.05) is 70.8 Å². The number of ether oxygens (including phenoxy) is 3. The molecule has 5 rings (SSSR count). The number of nitrogen functional groups attached to an aromatic ring is 1. The van der Waals surface area contributed by atoms with Crippen molar-refractivity contribution >= 4 is 58.3 Å². The Morgan fingerprint density at radius 3 is 2.38 bits per heavy atom. The molecule has 1 saturated heterocycles. The molecule has 0 bridgehead atoms. The quantitative estimate of drug-likeness (QED) is 0.0395. The molecule has 0 unspecified atom stereocenters. The number of aryl methyl sites for hydroxylation is 1. The van der Waals surface area contributed by atoms with Gasteiger partial charge < -0.3 is 56.0 Å². The first kappa shape index (κ1) is 51.6. The van der Waals surface area contributed by atoms with Crippen LogP contribution in [0.15, 0.2) is 36.7 Å². The van der Waals surface area contributed by atoms with Crippen molar-refractivity contribution in [3.8, 4) is 0 Å². The van der Waals surface area contributed by atoms with E-state index in [4.69, 9.17) is 35.9 Å². The summed E-state index contributed by atoms with van der Waals surface area (Å²) in [5, 5.41) is 31.2. The Balaban J connectivity index is 0.876. The van der Waals surface area contributed by atoms with E-state index in [0.717, 1.165) is 74.1 Å². The van der Waals surface area contributed by atoms with E-state index >= 15 is 0 Å². The van der Waals surface area contributed by atoms with Crippen molar-refractivity contribution in [2.75, 3.05) is 89.2 Å². The number of anilines is 2. The maximum absolute atomic E-state index is 12.9. The first-order chi connectivity index (χ1) is 31.9. The van der Waals surface area contributed by atoms with Crippen molar-refractivity contribution in [3.63, 3.8) is 0 Å². The number of carboxylic acids is 2. The van der Waals surface area contributed by atoms with Crippen molar-refractivity contribution in [2.24, 2.45) is 5.73 Å². The number of unbranched alkanes of at least 4 members (excludes halogenated alkanes) is 2. The molecule has 1 aliphatic rings. The minimum atomic E-state index is -1.23.